The first kappa shape index (κ1) is 13.4. The quantitative estimate of drug-likeness (QED) is 0.868. The van der Waals surface area contributed by atoms with Crippen molar-refractivity contribution in [2.45, 2.75) is 51.6 Å². The molecule has 0 bridgehead atoms. The van der Waals surface area contributed by atoms with E-state index in [4.69, 9.17) is 10.8 Å². The van der Waals surface area contributed by atoms with E-state index in [0.29, 0.717) is 0 Å². The number of benzene rings is 1. The molecule has 0 saturated carbocycles. The third kappa shape index (κ3) is 2.63. The van der Waals surface area contributed by atoms with Crippen LogP contribution in [0, 0.1) is 0 Å². The average molecular weight is 269 g/mol. The van der Waals surface area contributed by atoms with Crippen molar-refractivity contribution in [1.29, 1.82) is 0 Å². The van der Waals surface area contributed by atoms with Crippen LogP contribution in [0.15, 0.2) is 35.9 Å². The maximum Gasteiger partial charge on any atom is 0.0743 e. The van der Waals surface area contributed by atoms with Crippen LogP contribution in [-0.4, -0.2) is 15.8 Å². The SMILES string of the molecule is CCn1nc(CC2=CC(N)CCCC2)c2ccccc21. The van der Waals surface area contributed by atoms with Crippen LogP contribution in [0.1, 0.15) is 38.3 Å². The Morgan fingerprint density at radius 3 is 3.00 bits per heavy atom. The Hall–Kier alpha value is -1.61. The molecule has 1 heterocycles. The lowest BCUT2D eigenvalue weighted by Crippen LogP contribution is -2.16. The zero-order valence-electron chi connectivity index (χ0n) is 12.2. The van der Waals surface area contributed by atoms with Crippen molar-refractivity contribution in [2.24, 2.45) is 5.73 Å². The number of aromatic nitrogens is 2. The van der Waals surface area contributed by atoms with Gasteiger partial charge < -0.3 is 5.73 Å². The molecule has 106 valence electrons. The first-order valence-electron chi connectivity index (χ1n) is 7.67. The van der Waals surface area contributed by atoms with Gasteiger partial charge in [-0.3, -0.25) is 4.68 Å². The number of para-hydroxylation sites is 1. The smallest absolute Gasteiger partial charge is 0.0743 e. The van der Waals surface area contributed by atoms with Gasteiger partial charge in [0.15, 0.2) is 0 Å². The van der Waals surface area contributed by atoms with Gasteiger partial charge in [-0.25, -0.2) is 0 Å². The van der Waals surface area contributed by atoms with E-state index in [2.05, 4.69) is 41.9 Å². The minimum atomic E-state index is 0.229. The molecule has 2 aromatic rings. The van der Waals surface area contributed by atoms with Crippen LogP contribution in [0.5, 0.6) is 0 Å². The van der Waals surface area contributed by atoms with Gasteiger partial charge in [0.05, 0.1) is 11.2 Å². The number of hydrogen-bond donors (Lipinski definition) is 1. The molecule has 0 spiro atoms. The Morgan fingerprint density at radius 1 is 1.30 bits per heavy atom. The van der Waals surface area contributed by atoms with Gasteiger partial charge in [-0.05, 0) is 32.3 Å². The van der Waals surface area contributed by atoms with E-state index in [1.807, 2.05) is 0 Å². The minimum Gasteiger partial charge on any atom is -0.324 e. The van der Waals surface area contributed by atoms with Crippen molar-refractivity contribution in [2.75, 3.05) is 0 Å². The molecule has 3 rings (SSSR count). The van der Waals surface area contributed by atoms with Gasteiger partial charge >= 0.3 is 0 Å². The summed E-state index contributed by atoms with van der Waals surface area (Å²) in [6.07, 6.45) is 8.00. The summed E-state index contributed by atoms with van der Waals surface area (Å²) in [6.45, 7) is 3.06. The number of aryl methyl sites for hydroxylation is 1. The van der Waals surface area contributed by atoms with Gasteiger partial charge in [0, 0.05) is 24.4 Å². The van der Waals surface area contributed by atoms with E-state index in [1.165, 1.54) is 41.4 Å². The molecular weight excluding hydrogens is 246 g/mol. The molecule has 0 radical (unpaired) electrons. The number of nitrogens with zero attached hydrogens (tertiary/aromatic N) is 2. The second-order valence-corrected chi connectivity index (χ2v) is 5.69. The number of nitrogens with two attached hydrogens (primary N) is 1. The molecule has 0 aliphatic heterocycles. The lowest BCUT2D eigenvalue weighted by Gasteiger charge is -2.05. The van der Waals surface area contributed by atoms with Crippen molar-refractivity contribution in [3.8, 4) is 0 Å². The number of allylic oxidation sites excluding steroid dienone is 1. The number of fused-ring (bicyclic) bond motifs is 1. The molecule has 20 heavy (non-hydrogen) atoms. The first-order valence-corrected chi connectivity index (χ1v) is 7.67. The van der Waals surface area contributed by atoms with E-state index in [9.17, 15) is 0 Å². The second-order valence-electron chi connectivity index (χ2n) is 5.69. The molecule has 2 N–H and O–H groups in total. The van der Waals surface area contributed by atoms with Crippen molar-refractivity contribution in [1.82, 2.24) is 9.78 Å². The summed E-state index contributed by atoms with van der Waals surface area (Å²) in [5, 5.41) is 6.08. The summed E-state index contributed by atoms with van der Waals surface area (Å²) in [6, 6.07) is 8.75. The van der Waals surface area contributed by atoms with E-state index in [1.54, 1.807) is 0 Å². The fraction of sp³-hybridized carbons (Fsp3) is 0.471. The van der Waals surface area contributed by atoms with Crippen molar-refractivity contribution in [3.05, 3.63) is 41.6 Å². The van der Waals surface area contributed by atoms with Gasteiger partial charge in [0.2, 0.25) is 0 Å². The molecule has 1 unspecified atom stereocenters. The Morgan fingerprint density at radius 2 is 2.15 bits per heavy atom. The van der Waals surface area contributed by atoms with Gasteiger partial charge in [-0.15, -0.1) is 0 Å². The Kier molecular flexibility index (Phi) is 3.88. The molecule has 0 fully saturated rings. The maximum atomic E-state index is 6.12. The van der Waals surface area contributed by atoms with Crippen LogP contribution in [-0.2, 0) is 13.0 Å². The monoisotopic (exact) mass is 269 g/mol. The second kappa shape index (κ2) is 5.80. The number of rotatable bonds is 3. The lowest BCUT2D eigenvalue weighted by atomic mass is 10.0. The van der Waals surface area contributed by atoms with Gasteiger partial charge in [-0.1, -0.05) is 36.3 Å². The highest BCUT2D eigenvalue weighted by molar-refractivity contribution is 5.82. The molecule has 1 aliphatic rings. The molecular formula is C17H23N3. The van der Waals surface area contributed by atoms with Gasteiger partial charge in [-0.2, -0.15) is 5.10 Å². The zero-order chi connectivity index (χ0) is 13.9. The van der Waals surface area contributed by atoms with Gasteiger partial charge in [0.25, 0.3) is 0 Å². The lowest BCUT2D eigenvalue weighted by molar-refractivity contribution is 0.652. The summed E-state index contributed by atoms with van der Waals surface area (Å²) in [5.74, 6) is 0. The summed E-state index contributed by atoms with van der Waals surface area (Å²) in [4.78, 5) is 0. The first-order chi connectivity index (χ1) is 9.78. The summed E-state index contributed by atoms with van der Waals surface area (Å²) < 4.78 is 2.10. The van der Waals surface area contributed by atoms with E-state index in [0.717, 1.165) is 19.4 Å². The fourth-order valence-electron chi connectivity index (χ4n) is 3.13. The molecule has 1 aliphatic carbocycles. The molecule has 0 saturated heterocycles. The topological polar surface area (TPSA) is 43.8 Å². The third-order valence-electron chi connectivity index (χ3n) is 4.16. The van der Waals surface area contributed by atoms with Crippen molar-refractivity contribution in [3.63, 3.8) is 0 Å². The Labute approximate surface area is 120 Å². The third-order valence-corrected chi connectivity index (χ3v) is 4.16. The predicted octanol–water partition coefficient (Wildman–Crippen LogP) is 3.43. The highest BCUT2D eigenvalue weighted by atomic mass is 15.3. The molecule has 1 aromatic carbocycles. The molecule has 1 atom stereocenters. The predicted molar refractivity (Wildman–Crippen MR) is 83.6 cm³/mol. The van der Waals surface area contributed by atoms with Crippen LogP contribution in [0.3, 0.4) is 0 Å². The summed E-state index contributed by atoms with van der Waals surface area (Å²) >= 11 is 0. The average Bonchev–Trinajstić information content (AvgIpc) is 2.68. The number of hydrogen-bond acceptors (Lipinski definition) is 2. The summed E-state index contributed by atoms with van der Waals surface area (Å²) in [7, 11) is 0. The van der Waals surface area contributed by atoms with Crippen LogP contribution in [0.4, 0.5) is 0 Å². The fourth-order valence-corrected chi connectivity index (χ4v) is 3.13. The van der Waals surface area contributed by atoms with Gasteiger partial charge in [0.1, 0.15) is 0 Å². The molecule has 3 nitrogen and oxygen atoms in total. The van der Waals surface area contributed by atoms with E-state index < -0.39 is 0 Å². The van der Waals surface area contributed by atoms with Crippen molar-refractivity contribution >= 4 is 10.9 Å². The molecule has 0 amide bonds. The van der Waals surface area contributed by atoms with Crippen LogP contribution >= 0.6 is 0 Å². The highest BCUT2D eigenvalue weighted by Gasteiger charge is 2.13. The van der Waals surface area contributed by atoms with Crippen LogP contribution < -0.4 is 5.73 Å². The zero-order valence-corrected chi connectivity index (χ0v) is 12.2. The highest BCUT2D eigenvalue weighted by Crippen LogP contribution is 2.24. The van der Waals surface area contributed by atoms with Crippen molar-refractivity contribution < 1.29 is 0 Å². The summed E-state index contributed by atoms with van der Waals surface area (Å²) in [5.41, 5.74) is 10.0. The van der Waals surface area contributed by atoms with E-state index in [-0.39, 0.29) is 6.04 Å². The molecule has 3 heteroatoms. The largest absolute Gasteiger partial charge is 0.324 e. The molecule has 1 aromatic heterocycles. The Balaban J connectivity index is 1.94. The normalized spacial score (nSPS) is 19.9. The maximum absolute atomic E-state index is 6.12. The Bertz CT molecular complexity index is 624. The minimum absolute atomic E-state index is 0.229. The van der Waals surface area contributed by atoms with Crippen LogP contribution in [0.2, 0.25) is 0 Å². The van der Waals surface area contributed by atoms with E-state index >= 15 is 0 Å². The van der Waals surface area contributed by atoms with Crippen LogP contribution in [0.25, 0.3) is 10.9 Å². The standard InChI is InChI=1S/C17H23N3/c1-2-20-17-10-6-5-9-15(17)16(19-20)12-13-7-3-4-8-14(18)11-13/h5-6,9-11,14H,2-4,7-8,12,18H2,1H3.